The number of aryl methyl sites for hydroxylation is 2. The summed E-state index contributed by atoms with van der Waals surface area (Å²) in [5, 5.41) is 1.14. The molecule has 1 aliphatic heterocycles. The zero-order valence-electron chi connectivity index (χ0n) is 17.7. The van der Waals surface area contributed by atoms with Crippen molar-refractivity contribution >= 4 is 28.6 Å². The first-order chi connectivity index (χ1) is 14.4. The molecule has 1 aromatic heterocycles. The van der Waals surface area contributed by atoms with Crippen LogP contribution in [0.25, 0.3) is 16.6 Å². The molecule has 3 aromatic rings. The lowest BCUT2D eigenvalue weighted by atomic mass is 10.0. The molecule has 4 rings (SSSR count). The highest BCUT2D eigenvalue weighted by Gasteiger charge is 2.22. The average molecular weight is 422 g/mol. The molecule has 0 radical (unpaired) electrons. The fraction of sp³-hybridized carbons (Fsp3) is 0.375. The second-order valence-corrected chi connectivity index (χ2v) is 9.14. The molecular formula is C24H27N3O2S. The summed E-state index contributed by atoms with van der Waals surface area (Å²) in [4.78, 5) is 32.8. The minimum Gasteiger partial charge on any atom is -0.342 e. The van der Waals surface area contributed by atoms with Gasteiger partial charge in [-0.3, -0.25) is 14.2 Å². The van der Waals surface area contributed by atoms with Crippen molar-refractivity contribution in [3.8, 4) is 5.69 Å². The predicted octanol–water partition coefficient (Wildman–Crippen LogP) is 4.35. The molecule has 0 spiro atoms. The summed E-state index contributed by atoms with van der Waals surface area (Å²) in [7, 11) is 0. The van der Waals surface area contributed by atoms with Crippen LogP contribution in [0.1, 0.15) is 30.9 Å². The molecule has 2 aromatic carbocycles. The standard InChI is InChI=1S/C24H27N3O2S/c1-16-7-6-12-26(14-16)22(28)15-30-24-25-21-9-5-4-8-20(21)23(29)27(24)19-11-10-17(2)18(3)13-19/h4-5,8-11,13,16H,6-7,12,14-15H2,1-3H3. The number of hydrogen-bond donors (Lipinski definition) is 0. The van der Waals surface area contributed by atoms with Crippen LogP contribution in [-0.4, -0.2) is 39.2 Å². The average Bonchev–Trinajstić information content (AvgIpc) is 2.74. The topological polar surface area (TPSA) is 55.2 Å². The van der Waals surface area contributed by atoms with E-state index in [-0.39, 0.29) is 17.2 Å². The molecule has 0 N–H and O–H groups in total. The number of benzene rings is 2. The molecule has 1 unspecified atom stereocenters. The van der Waals surface area contributed by atoms with E-state index in [1.54, 1.807) is 10.6 Å². The predicted molar refractivity (Wildman–Crippen MR) is 123 cm³/mol. The Morgan fingerprint density at radius 1 is 1.17 bits per heavy atom. The first kappa shape index (κ1) is 20.7. The zero-order valence-corrected chi connectivity index (χ0v) is 18.5. The quantitative estimate of drug-likeness (QED) is 0.464. The molecule has 1 amide bonds. The number of carbonyl (C=O) groups excluding carboxylic acids is 1. The van der Waals surface area contributed by atoms with Gasteiger partial charge in [0.25, 0.3) is 5.56 Å². The van der Waals surface area contributed by atoms with Gasteiger partial charge in [0.1, 0.15) is 0 Å². The Morgan fingerprint density at radius 2 is 1.97 bits per heavy atom. The lowest BCUT2D eigenvalue weighted by Gasteiger charge is -2.30. The van der Waals surface area contributed by atoms with Crippen molar-refractivity contribution in [3.05, 3.63) is 63.9 Å². The summed E-state index contributed by atoms with van der Waals surface area (Å²) in [6.07, 6.45) is 2.23. The normalized spacial score (nSPS) is 16.8. The van der Waals surface area contributed by atoms with Gasteiger partial charge in [0.2, 0.25) is 5.91 Å². The van der Waals surface area contributed by atoms with Gasteiger partial charge in [0.15, 0.2) is 5.16 Å². The number of carbonyl (C=O) groups is 1. The van der Waals surface area contributed by atoms with Crippen LogP contribution in [0.3, 0.4) is 0 Å². The summed E-state index contributed by atoms with van der Waals surface area (Å²) in [5.41, 5.74) is 3.61. The van der Waals surface area contributed by atoms with Gasteiger partial charge in [-0.05, 0) is 68.0 Å². The van der Waals surface area contributed by atoms with E-state index < -0.39 is 0 Å². The van der Waals surface area contributed by atoms with Gasteiger partial charge < -0.3 is 4.90 Å². The number of rotatable bonds is 4. The number of likely N-dealkylation sites (tertiary alicyclic amines) is 1. The summed E-state index contributed by atoms with van der Waals surface area (Å²) in [6, 6.07) is 13.3. The van der Waals surface area contributed by atoms with Crippen LogP contribution >= 0.6 is 11.8 Å². The van der Waals surface area contributed by atoms with E-state index in [2.05, 4.69) is 13.8 Å². The highest BCUT2D eigenvalue weighted by Crippen LogP contribution is 2.24. The monoisotopic (exact) mass is 421 g/mol. The van der Waals surface area contributed by atoms with Gasteiger partial charge >= 0.3 is 0 Å². The van der Waals surface area contributed by atoms with Crippen molar-refractivity contribution in [1.82, 2.24) is 14.5 Å². The summed E-state index contributed by atoms with van der Waals surface area (Å²) < 4.78 is 1.64. The maximum atomic E-state index is 13.3. The van der Waals surface area contributed by atoms with Crippen LogP contribution < -0.4 is 5.56 Å². The Kier molecular flexibility index (Phi) is 5.95. The largest absolute Gasteiger partial charge is 0.342 e. The summed E-state index contributed by atoms with van der Waals surface area (Å²) in [5.74, 6) is 0.934. The minimum absolute atomic E-state index is 0.106. The second kappa shape index (κ2) is 8.64. The molecule has 1 aliphatic rings. The SMILES string of the molecule is Cc1ccc(-n2c(SCC(=O)N3CCCC(C)C3)nc3ccccc3c2=O)cc1C. The van der Waals surface area contributed by atoms with Gasteiger partial charge in [0.05, 0.1) is 22.3 Å². The van der Waals surface area contributed by atoms with Crippen LogP contribution in [0.15, 0.2) is 52.4 Å². The van der Waals surface area contributed by atoms with Crippen molar-refractivity contribution in [2.45, 2.75) is 38.8 Å². The van der Waals surface area contributed by atoms with Crippen LogP contribution in [-0.2, 0) is 4.79 Å². The van der Waals surface area contributed by atoms with E-state index >= 15 is 0 Å². The third kappa shape index (κ3) is 4.15. The molecule has 1 atom stereocenters. The Bertz CT molecular complexity index is 1150. The van der Waals surface area contributed by atoms with E-state index in [0.717, 1.165) is 30.8 Å². The number of nitrogens with zero attached hydrogens (tertiary/aromatic N) is 3. The van der Waals surface area contributed by atoms with Crippen LogP contribution in [0.5, 0.6) is 0 Å². The Hall–Kier alpha value is -2.60. The van der Waals surface area contributed by atoms with Crippen molar-refractivity contribution < 1.29 is 4.79 Å². The van der Waals surface area contributed by atoms with Crippen LogP contribution in [0.2, 0.25) is 0 Å². The number of piperidine rings is 1. The number of aromatic nitrogens is 2. The molecule has 1 fully saturated rings. The van der Waals surface area contributed by atoms with Gasteiger partial charge in [-0.2, -0.15) is 0 Å². The van der Waals surface area contributed by atoms with Crippen molar-refractivity contribution in [3.63, 3.8) is 0 Å². The number of thioether (sulfide) groups is 1. The van der Waals surface area contributed by atoms with Gasteiger partial charge in [-0.15, -0.1) is 0 Å². The van der Waals surface area contributed by atoms with E-state index in [4.69, 9.17) is 4.98 Å². The lowest BCUT2D eigenvalue weighted by molar-refractivity contribution is -0.130. The number of hydrogen-bond acceptors (Lipinski definition) is 4. The summed E-state index contributed by atoms with van der Waals surface area (Å²) in [6.45, 7) is 7.91. The minimum atomic E-state index is -0.106. The van der Waals surface area contributed by atoms with Crippen LogP contribution in [0, 0.1) is 19.8 Å². The van der Waals surface area contributed by atoms with E-state index in [0.29, 0.717) is 22.0 Å². The fourth-order valence-electron chi connectivity index (χ4n) is 3.94. The maximum absolute atomic E-state index is 13.3. The molecule has 0 aliphatic carbocycles. The number of fused-ring (bicyclic) bond motifs is 1. The number of para-hydroxylation sites is 1. The van der Waals surface area contributed by atoms with Crippen molar-refractivity contribution in [2.24, 2.45) is 5.92 Å². The second-order valence-electron chi connectivity index (χ2n) is 8.20. The first-order valence-corrected chi connectivity index (χ1v) is 11.4. The van der Waals surface area contributed by atoms with Gasteiger partial charge in [0, 0.05) is 13.1 Å². The molecule has 0 saturated carbocycles. The van der Waals surface area contributed by atoms with Crippen molar-refractivity contribution in [2.75, 3.05) is 18.8 Å². The highest BCUT2D eigenvalue weighted by molar-refractivity contribution is 7.99. The Balaban J connectivity index is 1.71. The molecule has 0 bridgehead atoms. The Morgan fingerprint density at radius 3 is 2.73 bits per heavy atom. The molecule has 2 heterocycles. The number of amides is 1. The van der Waals surface area contributed by atoms with Crippen molar-refractivity contribution in [1.29, 1.82) is 0 Å². The molecule has 6 heteroatoms. The van der Waals surface area contributed by atoms with E-state index in [9.17, 15) is 9.59 Å². The molecule has 1 saturated heterocycles. The third-order valence-corrected chi connectivity index (χ3v) is 6.75. The fourth-order valence-corrected chi connectivity index (χ4v) is 4.85. The Labute approximate surface area is 181 Å². The third-order valence-electron chi connectivity index (χ3n) is 5.83. The zero-order chi connectivity index (χ0) is 21.3. The van der Waals surface area contributed by atoms with E-state index in [1.165, 1.54) is 23.7 Å². The molecule has 30 heavy (non-hydrogen) atoms. The first-order valence-electron chi connectivity index (χ1n) is 10.4. The molecule has 5 nitrogen and oxygen atoms in total. The van der Waals surface area contributed by atoms with Gasteiger partial charge in [-0.1, -0.05) is 36.9 Å². The summed E-state index contributed by atoms with van der Waals surface area (Å²) >= 11 is 1.34. The van der Waals surface area contributed by atoms with E-state index in [1.807, 2.05) is 48.2 Å². The highest BCUT2D eigenvalue weighted by atomic mass is 32.2. The lowest BCUT2D eigenvalue weighted by Crippen LogP contribution is -2.40. The van der Waals surface area contributed by atoms with Gasteiger partial charge in [-0.25, -0.2) is 4.98 Å². The maximum Gasteiger partial charge on any atom is 0.266 e. The molecular weight excluding hydrogens is 394 g/mol. The van der Waals surface area contributed by atoms with Crippen LogP contribution in [0.4, 0.5) is 0 Å². The molecule has 156 valence electrons. The smallest absolute Gasteiger partial charge is 0.266 e.